The van der Waals surface area contributed by atoms with E-state index in [4.69, 9.17) is 5.73 Å². The molecule has 1 aromatic carbocycles. The number of hydrogen-bond donors (Lipinski definition) is 1. The van der Waals surface area contributed by atoms with E-state index in [9.17, 15) is 0 Å². The lowest BCUT2D eigenvalue weighted by atomic mass is 10.2. The summed E-state index contributed by atoms with van der Waals surface area (Å²) in [6.07, 6.45) is 4.17. The van der Waals surface area contributed by atoms with Crippen molar-refractivity contribution in [2.45, 2.75) is 16.3 Å². The van der Waals surface area contributed by atoms with Crippen molar-refractivity contribution >= 4 is 23.5 Å². The topological polar surface area (TPSA) is 26.0 Å². The zero-order chi connectivity index (χ0) is 8.97. The standard InChI is InChI=1S/C9H13NS2/c1-11-8-3-7(6-10)4-9(5-8)12-2/h3-5H,6,10H2,1-2H3. The normalized spacial score (nSPS) is 10.2. The SMILES string of the molecule is CSc1cc(CN)cc(SC)c1. The number of benzene rings is 1. The second-order valence-corrected chi connectivity index (χ2v) is 4.18. The van der Waals surface area contributed by atoms with Crippen molar-refractivity contribution in [3.63, 3.8) is 0 Å². The Hall–Kier alpha value is -0.120. The molecule has 0 spiro atoms. The van der Waals surface area contributed by atoms with E-state index in [1.165, 1.54) is 15.4 Å². The van der Waals surface area contributed by atoms with Gasteiger partial charge in [0.1, 0.15) is 0 Å². The van der Waals surface area contributed by atoms with Gasteiger partial charge >= 0.3 is 0 Å². The largest absolute Gasteiger partial charge is 0.326 e. The smallest absolute Gasteiger partial charge is 0.0178 e. The maximum Gasteiger partial charge on any atom is 0.0178 e. The Kier molecular flexibility index (Phi) is 3.98. The van der Waals surface area contributed by atoms with Crippen LogP contribution in [0.4, 0.5) is 0 Å². The van der Waals surface area contributed by atoms with Crippen LogP contribution in [-0.4, -0.2) is 12.5 Å². The number of nitrogens with two attached hydrogens (primary N) is 1. The fraction of sp³-hybridized carbons (Fsp3) is 0.333. The third-order valence-electron chi connectivity index (χ3n) is 1.65. The third-order valence-corrected chi connectivity index (χ3v) is 3.06. The molecule has 0 aliphatic heterocycles. The Balaban J connectivity index is 3.01. The van der Waals surface area contributed by atoms with Crippen LogP contribution in [0, 0.1) is 0 Å². The van der Waals surface area contributed by atoms with Crippen LogP contribution >= 0.6 is 23.5 Å². The summed E-state index contributed by atoms with van der Waals surface area (Å²) in [5, 5.41) is 0. The highest BCUT2D eigenvalue weighted by atomic mass is 32.2. The molecular weight excluding hydrogens is 186 g/mol. The van der Waals surface area contributed by atoms with Crippen LogP contribution in [0.25, 0.3) is 0 Å². The fourth-order valence-corrected chi connectivity index (χ4v) is 2.09. The van der Waals surface area contributed by atoms with E-state index in [1.54, 1.807) is 23.5 Å². The van der Waals surface area contributed by atoms with E-state index in [-0.39, 0.29) is 0 Å². The summed E-state index contributed by atoms with van der Waals surface area (Å²) in [5.41, 5.74) is 6.79. The first-order valence-corrected chi connectivity index (χ1v) is 6.17. The molecule has 1 aromatic rings. The molecule has 0 amide bonds. The molecule has 0 saturated heterocycles. The Morgan fingerprint density at radius 2 is 1.58 bits per heavy atom. The summed E-state index contributed by atoms with van der Waals surface area (Å²) >= 11 is 3.52. The Labute approximate surface area is 82.1 Å². The maximum atomic E-state index is 5.58. The van der Waals surface area contributed by atoms with Crippen LogP contribution in [0.3, 0.4) is 0 Å². The zero-order valence-electron chi connectivity index (χ0n) is 7.33. The van der Waals surface area contributed by atoms with Gasteiger partial charge in [0.15, 0.2) is 0 Å². The molecule has 0 aliphatic carbocycles. The van der Waals surface area contributed by atoms with Crippen LogP contribution < -0.4 is 5.73 Å². The molecule has 0 bridgehead atoms. The molecule has 0 atom stereocenters. The Morgan fingerprint density at radius 1 is 1.08 bits per heavy atom. The molecule has 3 heteroatoms. The average Bonchev–Trinajstić information content (AvgIpc) is 2.16. The van der Waals surface area contributed by atoms with Crippen LogP contribution in [0.1, 0.15) is 5.56 Å². The lowest BCUT2D eigenvalue weighted by molar-refractivity contribution is 1.04. The highest BCUT2D eigenvalue weighted by molar-refractivity contribution is 7.99. The van der Waals surface area contributed by atoms with Crippen LogP contribution in [0.2, 0.25) is 0 Å². The van der Waals surface area contributed by atoms with E-state index < -0.39 is 0 Å². The summed E-state index contributed by atoms with van der Waals surface area (Å²) in [6.45, 7) is 0.627. The van der Waals surface area contributed by atoms with E-state index in [0.717, 1.165) is 0 Å². The number of hydrogen-bond acceptors (Lipinski definition) is 3. The van der Waals surface area contributed by atoms with E-state index in [2.05, 4.69) is 30.7 Å². The molecule has 12 heavy (non-hydrogen) atoms. The van der Waals surface area contributed by atoms with Crippen molar-refractivity contribution in [1.29, 1.82) is 0 Å². The lowest BCUT2D eigenvalue weighted by Gasteiger charge is -2.04. The summed E-state index contributed by atoms with van der Waals surface area (Å²) < 4.78 is 0. The van der Waals surface area contributed by atoms with Crippen LogP contribution in [0.5, 0.6) is 0 Å². The molecule has 0 aliphatic rings. The van der Waals surface area contributed by atoms with E-state index in [1.807, 2.05) is 0 Å². The summed E-state index contributed by atoms with van der Waals surface area (Å²) in [5.74, 6) is 0. The van der Waals surface area contributed by atoms with Gasteiger partial charge in [-0.3, -0.25) is 0 Å². The minimum atomic E-state index is 0.627. The number of thioether (sulfide) groups is 2. The molecule has 1 rings (SSSR count). The molecular formula is C9H13NS2. The molecule has 0 unspecified atom stereocenters. The molecule has 0 heterocycles. The zero-order valence-corrected chi connectivity index (χ0v) is 8.97. The monoisotopic (exact) mass is 199 g/mol. The van der Waals surface area contributed by atoms with E-state index in [0.29, 0.717) is 6.54 Å². The second kappa shape index (κ2) is 4.80. The van der Waals surface area contributed by atoms with Crippen molar-refractivity contribution in [2.24, 2.45) is 5.73 Å². The van der Waals surface area contributed by atoms with Gasteiger partial charge in [0.2, 0.25) is 0 Å². The molecule has 1 nitrogen and oxygen atoms in total. The first-order chi connectivity index (χ1) is 5.80. The maximum absolute atomic E-state index is 5.58. The Bertz CT molecular complexity index is 205. The molecule has 0 fully saturated rings. The summed E-state index contributed by atoms with van der Waals surface area (Å²) in [7, 11) is 0. The minimum absolute atomic E-state index is 0.627. The summed E-state index contributed by atoms with van der Waals surface area (Å²) in [6, 6.07) is 6.48. The molecule has 0 aromatic heterocycles. The minimum Gasteiger partial charge on any atom is -0.326 e. The van der Waals surface area contributed by atoms with Crippen molar-refractivity contribution in [1.82, 2.24) is 0 Å². The first kappa shape index (κ1) is 9.96. The van der Waals surface area contributed by atoms with Crippen molar-refractivity contribution in [2.75, 3.05) is 12.5 Å². The summed E-state index contributed by atoms with van der Waals surface area (Å²) in [4.78, 5) is 2.59. The van der Waals surface area contributed by atoms with Gasteiger partial charge in [-0.2, -0.15) is 0 Å². The van der Waals surface area contributed by atoms with Crippen LogP contribution in [-0.2, 0) is 6.54 Å². The third kappa shape index (κ3) is 2.44. The highest BCUT2D eigenvalue weighted by Gasteiger charge is 1.97. The van der Waals surface area contributed by atoms with Crippen LogP contribution in [0.15, 0.2) is 28.0 Å². The molecule has 0 saturated carbocycles. The molecule has 0 radical (unpaired) electrons. The van der Waals surface area contributed by atoms with Gasteiger partial charge in [0.25, 0.3) is 0 Å². The highest BCUT2D eigenvalue weighted by Crippen LogP contribution is 2.24. The van der Waals surface area contributed by atoms with Gasteiger partial charge in [0, 0.05) is 16.3 Å². The van der Waals surface area contributed by atoms with Gasteiger partial charge in [-0.25, -0.2) is 0 Å². The fourth-order valence-electron chi connectivity index (χ4n) is 0.984. The quantitative estimate of drug-likeness (QED) is 0.758. The van der Waals surface area contributed by atoms with Crippen molar-refractivity contribution in [3.05, 3.63) is 23.8 Å². The van der Waals surface area contributed by atoms with Crippen molar-refractivity contribution in [3.8, 4) is 0 Å². The average molecular weight is 199 g/mol. The van der Waals surface area contributed by atoms with Gasteiger partial charge in [-0.05, 0) is 36.3 Å². The Morgan fingerprint density at radius 3 is 1.92 bits per heavy atom. The molecule has 2 N–H and O–H groups in total. The van der Waals surface area contributed by atoms with Gasteiger partial charge in [-0.1, -0.05) is 0 Å². The first-order valence-electron chi connectivity index (χ1n) is 3.72. The lowest BCUT2D eigenvalue weighted by Crippen LogP contribution is -1.96. The predicted octanol–water partition coefficient (Wildman–Crippen LogP) is 2.59. The van der Waals surface area contributed by atoms with Crippen molar-refractivity contribution < 1.29 is 0 Å². The number of rotatable bonds is 3. The van der Waals surface area contributed by atoms with Gasteiger partial charge in [-0.15, -0.1) is 23.5 Å². The van der Waals surface area contributed by atoms with Gasteiger partial charge < -0.3 is 5.73 Å². The van der Waals surface area contributed by atoms with E-state index >= 15 is 0 Å². The molecule has 66 valence electrons. The predicted molar refractivity (Wildman–Crippen MR) is 57.9 cm³/mol. The second-order valence-electron chi connectivity index (χ2n) is 2.43. The van der Waals surface area contributed by atoms with Gasteiger partial charge in [0.05, 0.1) is 0 Å².